The zero-order chi connectivity index (χ0) is 24.4. The minimum atomic E-state index is -5.05. The standard InChI is InChI=1S/C21H16Cl2F3N3O4/c1-11(20(31,21(24,25)26)12-5-6-27-17(23)7-12)14-4-3-13(8-15(14)22)33-18-10-28-16(9-29-18)19(30)32-2/h3-11,31H,1-2H3. The molecule has 0 fully saturated rings. The number of hydrogen-bond acceptors (Lipinski definition) is 7. The van der Waals surface area contributed by atoms with E-state index in [2.05, 4.69) is 19.7 Å². The maximum atomic E-state index is 14.0. The van der Waals surface area contributed by atoms with Crippen LogP contribution in [0.4, 0.5) is 13.2 Å². The van der Waals surface area contributed by atoms with Crippen LogP contribution in [0.15, 0.2) is 48.9 Å². The normalized spacial score (nSPS) is 14.3. The summed E-state index contributed by atoms with van der Waals surface area (Å²) < 4.78 is 52.1. The van der Waals surface area contributed by atoms with Crippen molar-refractivity contribution >= 4 is 29.2 Å². The first-order valence-corrected chi connectivity index (χ1v) is 10.0. The maximum Gasteiger partial charge on any atom is 0.422 e. The van der Waals surface area contributed by atoms with Crippen molar-refractivity contribution in [2.75, 3.05) is 7.11 Å². The summed E-state index contributed by atoms with van der Waals surface area (Å²) in [4.78, 5) is 22.8. The zero-order valence-electron chi connectivity index (χ0n) is 17.1. The molecule has 2 heterocycles. The van der Waals surface area contributed by atoms with Crippen molar-refractivity contribution in [1.29, 1.82) is 0 Å². The molecular formula is C21H16Cl2F3N3O4. The number of hydrogen-bond donors (Lipinski definition) is 1. The van der Waals surface area contributed by atoms with Crippen LogP contribution < -0.4 is 4.74 Å². The van der Waals surface area contributed by atoms with Crippen molar-refractivity contribution in [3.05, 3.63) is 75.9 Å². The van der Waals surface area contributed by atoms with Gasteiger partial charge in [0.2, 0.25) is 5.88 Å². The summed E-state index contributed by atoms with van der Waals surface area (Å²) in [5, 5.41) is 10.5. The lowest BCUT2D eigenvalue weighted by atomic mass is 9.78. The molecule has 33 heavy (non-hydrogen) atoms. The first kappa shape index (κ1) is 24.7. The Labute approximate surface area is 196 Å². The van der Waals surface area contributed by atoms with Gasteiger partial charge < -0.3 is 14.6 Å². The summed E-state index contributed by atoms with van der Waals surface area (Å²) in [5.41, 5.74) is -3.78. The average Bonchev–Trinajstić information content (AvgIpc) is 2.77. The Kier molecular flexibility index (Phi) is 7.11. The molecule has 0 amide bonds. The Morgan fingerprint density at radius 3 is 2.36 bits per heavy atom. The van der Waals surface area contributed by atoms with Crippen molar-refractivity contribution in [2.24, 2.45) is 0 Å². The van der Waals surface area contributed by atoms with Crippen LogP contribution in [-0.4, -0.2) is 39.3 Å². The number of aromatic nitrogens is 3. The number of halogens is 5. The summed E-state index contributed by atoms with van der Waals surface area (Å²) in [5.74, 6) is -2.03. The van der Waals surface area contributed by atoms with Crippen LogP contribution in [0.2, 0.25) is 10.2 Å². The summed E-state index contributed by atoms with van der Waals surface area (Å²) in [6.45, 7) is 1.20. The quantitative estimate of drug-likeness (QED) is 0.361. The lowest BCUT2D eigenvalue weighted by Crippen LogP contribution is -2.46. The predicted molar refractivity (Wildman–Crippen MR) is 113 cm³/mol. The van der Waals surface area contributed by atoms with E-state index in [1.807, 2.05) is 0 Å². The molecule has 0 aliphatic carbocycles. The second-order valence-corrected chi connectivity index (χ2v) is 7.66. The minimum absolute atomic E-state index is 0.0118. The number of carbonyl (C=O) groups excluding carboxylic acids is 1. The molecule has 0 bridgehead atoms. The van der Waals surface area contributed by atoms with Crippen LogP contribution in [0.1, 0.15) is 34.5 Å². The Morgan fingerprint density at radius 1 is 1.09 bits per heavy atom. The van der Waals surface area contributed by atoms with Crippen LogP contribution in [-0.2, 0) is 10.3 Å². The van der Waals surface area contributed by atoms with E-state index in [9.17, 15) is 23.1 Å². The molecule has 3 aromatic rings. The second kappa shape index (κ2) is 9.50. The molecule has 2 unspecified atom stereocenters. The van der Waals surface area contributed by atoms with Crippen molar-refractivity contribution in [2.45, 2.75) is 24.6 Å². The highest BCUT2D eigenvalue weighted by atomic mass is 35.5. The number of methoxy groups -OCH3 is 1. The van der Waals surface area contributed by atoms with E-state index in [1.54, 1.807) is 0 Å². The van der Waals surface area contributed by atoms with Gasteiger partial charge in [0.25, 0.3) is 0 Å². The van der Waals surface area contributed by atoms with Crippen molar-refractivity contribution in [3.8, 4) is 11.6 Å². The smallest absolute Gasteiger partial charge is 0.422 e. The molecule has 1 N–H and O–H groups in total. The Morgan fingerprint density at radius 2 is 1.82 bits per heavy atom. The molecule has 7 nitrogen and oxygen atoms in total. The molecule has 0 saturated heterocycles. The van der Waals surface area contributed by atoms with Crippen LogP contribution in [0.25, 0.3) is 0 Å². The van der Waals surface area contributed by atoms with Gasteiger partial charge in [-0.3, -0.25) is 0 Å². The summed E-state index contributed by atoms with van der Waals surface area (Å²) in [6.07, 6.45) is -1.66. The number of benzene rings is 1. The number of rotatable bonds is 6. The maximum absolute atomic E-state index is 14.0. The number of alkyl halides is 3. The fourth-order valence-corrected chi connectivity index (χ4v) is 3.65. The molecule has 0 aliphatic rings. The number of nitrogens with zero attached hydrogens (tertiary/aromatic N) is 3. The van der Waals surface area contributed by atoms with E-state index in [-0.39, 0.29) is 33.1 Å². The summed E-state index contributed by atoms with van der Waals surface area (Å²) in [6, 6.07) is 5.94. The van der Waals surface area contributed by atoms with Gasteiger partial charge in [0, 0.05) is 17.1 Å². The van der Waals surface area contributed by atoms with Gasteiger partial charge in [-0.05, 0) is 35.4 Å². The highest BCUT2D eigenvalue weighted by molar-refractivity contribution is 6.31. The molecule has 0 radical (unpaired) electrons. The molecule has 3 rings (SSSR count). The molecular weight excluding hydrogens is 486 g/mol. The lowest BCUT2D eigenvalue weighted by Gasteiger charge is -2.37. The summed E-state index contributed by atoms with van der Waals surface area (Å²) in [7, 11) is 1.20. The predicted octanol–water partition coefficient (Wildman–Crippen LogP) is 5.31. The third-order valence-corrected chi connectivity index (χ3v) is 5.44. The zero-order valence-corrected chi connectivity index (χ0v) is 18.6. The lowest BCUT2D eigenvalue weighted by molar-refractivity contribution is -0.274. The van der Waals surface area contributed by atoms with Crippen molar-refractivity contribution in [3.63, 3.8) is 0 Å². The van der Waals surface area contributed by atoms with E-state index in [0.29, 0.717) is 0 Å². The Hall–Kier alpha value is -2.95. The number of ether oxygens (including phenoxy) is 2. The molecule has 2 atom stereocenters. The monoisotopic (exact) mass is 501 g/mol. The Bertz CT molecular complexity index is 1160. The average molecular weight is 502 g/mol. The molecule has 1 aromatic carbocycles. The highest BCUT2D eigenvalue weighted by Crippen LogP contribution is 2.50. The third kappa shape index (κ3) is 5.02. The fraction of sp³-hybridized carbons (Fsp3) is 0.238. The molecule has 0 spiro atoms. The minimum Gasteiger partial charge on any atom is -0.464 e. The molecule has 0 aliphatic heterocycles. The van der Waals surface area contributed by atoms with E-state index < -0.39 is 29.2 Å². The van der Waals surface area contributed by atoms with E-state index in [1.165, 1.54) is 38.4 Å². The molecule has 2 aromatic heterocycles. The van der Waals surface area contributed by atoms with Crippen LogP contribution in [0, 0.1) is 0 Å². The van der Waals surface area contributed by atoms with Gasteiger partial charge in [0.05, 0.1) is 19.5 Å². The van der Waals surface area contributed by atoms with E-state index in [4.69, 9.17) is 27.9 Å². The van der Waals surface area contributed by atoms with E-state index >= 15 is 0 Å². The topological polar surface area (TPSA) is 94.4 Å². The van der Waals surface area contributed by atoms with Gasteiger partial charge in [0.1, 0.15) is 10.9 Å². The van der Waals surface area contributed by atoms with Crippen molar-refractivity contribution < 1.29 is 32.5 Å². The van der Waals surface area contributed by atoms with Crippen LogP contribution in [0.5, 0.6) is 11.6 Å². The Balaban J connectivity index is 1.91. The van der Waals surface area contributed by atoms with Crippen LogP contribution in [0.3, 0.4) is 0 Å². The van der Waals surface area contributed by atoms with Gasteiger partial charge in [0.15, 0.2) is 11.3 Å². The number of esters is 1. The number of pyridine rings is 1. The summed E-state index contributed by atoms with van der Waals surface area (Å²) >= 11 is 12.0. The second-order valence-electron chi connectivity index (χ2n) is 6.87. The van der Waals surface area contributed by atoms with Crippen molar-refractivity contribution in [1.82, 2.24) is 15.0 Å². The fourth-order valence-electron chi connectivity index (χ4n) is 3.15. The number of carbonyl (C=O) groups is 1. The third-order valence-electron chi connectivity index (χ3n) is 4.91. The van der Waals surface area contributed by atoms with Crippen LogP contribution >= 0.6 is 23.2 Å². The molecule has 0 saturated carbocycles. The first-order valence-electron chi connectivity index (χ1n) is 9.26. The number of aliphatic hydroxyl groups is 1. The SMILES string of the molecule is COC(=O)c1cnc(Oc2ccc(C(C)C(O)(c3ccnc(Cl)c3)C(F)(F)F)c(Cl)c2)cn1. The largest absolute Gasteiger partial charge is 0.464 e. The van der Waals surface area contributed by atoms with E-state index in [0.717, 1.165) is 24.5 Å². The van der Waals surface area contributed by atoms with Gasteiger partial charge in [-0.15, -0.1) is 0 Å². The van der Waals surface area contributed by atoms with Gasteiger partial charge in [-0.25, -0.2) is 19.7 Å². The molecule has 12 heteroatoms. The molecule has 174 valence electrons. The van der Waals surface area contributed by atoms with Gasteiger partial charge >= 0.3 is 12.1 Å². The highest BCUT2D eigenvalue weighted by Gasteiger charge is 2.59. The van der Waals surface area contributed by atoms with Gasteiger partial charge in [-0.2, -0.15) is 13.2 Å². The first-order chi connectivity index (χ1) is 15.5. The van der Waals surface area contributed by atoms with Gasteiger partial charge in [-0.1, -0.05) is 36.2 Å².